The van der Waals surface area contributed by atoms with Crippen molar-refractivity contribution in [2.75, 3.05) is 0 Å². The number of hydrogen-bond acceptors (Lipinski definition) is 1. The van der Waals surface area contributed by atoms with Crippen molar-refractivity contribution in [2.24, 2.45) is 0 Å². The highest BCUT2D eigenvalue weighted by molar-refractivity contribution is 7.96. The average molecular weight is 131 g/mol. The second kappa shape index (κ2) is 5.16. The molecule has 0 aromatic carbocycles. The van der Waals surface area contributed by atoms with Crippen LogP contribution in [0.5, 0.6) is 0 Å². The summed E-state index contributed by atoms with van der Waals surface area (Å²) in [5.41, 5.74) is 0. The van der Waals surface area contributed by atoms with Crippen LogP contribution in [0.2, 0.25) is 0 Å². The van der Waals surface area contributed by atoms with E-state index in [0.29, 0.717) is 6.42 Å². The van der Waals surface area contributed by atoms with Gasteiger partial charge in [0.25, 0.3) is 0 Å². The molecular weight excluding hydrogens is 120 g/mol. The molecule has 0 unspecified atom stereocenters. The topological polar surface area (TPSA) is 17.1 Å². The number of carbonyl (C=O) groups excluding carboxylic acids is 1. The molecule has 1 nitrogen and oxygen atoms in total. The molecule has 0 saturated carbocycles. The van der Waals surface area contributed by atoms with Gasteiger partial charge in [-0.25, -0.2) is 0 Å². The Morgan fingerprint density at radius 3 is 2.75 bits per heavy atom. The van der Waals surface area contributed by atoms with Crippen LogP contribution >= 0.6 is 12.6 Å². The summed E-state index contributed by atoms with van der Waals surface area (Å²) in [5.74, 6) is 0. The minimum absolute atomic E-state index is 0.0431. The first-order valence-corrected chi connectivity index (χ1v) is 3.25. The fourth-order valence-corrected chi connectivity index (χ4v) is 0.559. The Morgan fingerprint density at radius 2 is 2.38 bits per heavy atom. The summed E-state index contributed by atoms with van der Waals surface area (Å²) in [6.45, 7) is 2.08. The number of thiol groups is 1. The molecule has 47 valence electrons. The van der Waals surface area contributed by atoms with Gasteiger partial charge in [-0.2, -0.15) is 0 Å². The van der Waals surface area contributed by atoms with E-state index in [-0.39, 0.29) is 5.12 Å². The monoisotopic (exact) mass is 131 g/mol. The van der Waals surface area contributed by atoms with E-state index >= 15 is 0 Å². The molecule has 0 bridgehead atoms. The standard InChI is InChI=1S/C6H11OS/c1-2-3-4-5-6(7)8/h4H,2-3,5H2,1H3,(H,7,8). The Labute approximate surface area is 55.9 Å². The molecule has 0 spiro atoms. The van der Waals surface area contributed by atoms with E-state index < -0.39 is 0 Å². The number of unbranched alkanes of at least 4 members (excludes halogenated alkanes) is 2. The molecule has 2 heteroatoms. The highest BCUT2D eigenvalue weighted by Gasteiger charge is 1.91. The van der Waals surface area contributed by atoms with Gasteiger partial charge >= 0.3 is 0 Å². The van der Waals surface area contributed by atoms with Crippen molar-refractivity contribution in [1.29, 1.82) is 0 Å². The van der Waals surface area contributed by atoms with Crippen LogP contribution in [-0.4, -0.2) is 5.12 Å². The Bertz CT molecular complexity index is 70.9. The third kappa shape index (κ3) is 6.02. The molecule has 0 aliphatic carbocycles. The van der Waals surface area contributed by atoms with Crippen LogP contribution in [0.15, 0.2) is 0 Å². The van der Waals surface area contributed by atoms with Crippen LogP contribution in [0.1, 0.15) is 26.2 Å². The van der Waals surface area contributed by atoms with Crippen molar-refractivity contribution >= 4 is 17.7 Å². The molecule has 8 heavy (non-hydrogen) atoms. The van der Waals surface area contributed by atoms with Crippen molar-refractivity contribution in [1.82, 2.24) is 0 Å². The highest BCUT2D eigenvalue weighted by atomic mass is 32.1. The molecule has 0 aromatic rings. The molecule has 0 aliphatic heterocycles. The molecule has 0 atom stereocenters. The number of hydrogen-bond donors (Lipinski definition) is 1. The highest BCUT2D eigenvalue weighted by Crippen LogP contribution is 1.98. The smallest absolute Gasteiger partial charge is 0.186 e. The molecule has 0 N–H and O–H groups in total. The zero-order valence-corrected chi connectivity index (χ0v) is 5.95. The Hall–Kier alpha value is 0.0200. The van der Waals surface area contributed by atoms with E-state index in [1.165, 1.54) is 0 Å². The summed E-state index contributed by atoms with van der Waals surface area (Å²) >= 11 is 3.60. The predicted octanol–water partition coefficient (Wildman–Crippen LogP) is 1.84. The lowest BCUT2D eigenvalue weighted by molar-refractivity contribution is -0.110. The summed E-state index contributed by atoms with van der Waals surface area (Å²) in [6, 6.07) is 0. The predicted molar refractivity (Wildman–Crippen MR) is 37.8 cm³/mol. The van der Waals surface area contributed by atoms with Crippen molar-refractivity contribution < 1.29 is 4.79 Å². The SMILES string of the molecule is CCC[CH]CC(=O)S. The maximum Gasteiger partial charge on any atom is 0.186 e. The van der Waals surface area contributed by atoms with Gasteiger partial charge < -0.3 is 0 Å². The van der Waals surface area contributed by atoms with Gasteiger partial charge in [0, 0.05) is 6.42 Å². The summed E-state index contributed by atoms with van der Waals surface area (Å²) in [4.78, 5) is 10.2. The summed E-state index contributed by atoms with van der Waals surface area (Å²) in [7, 11) is 0. The maximum absolute atomic E-state index is 10.2. The molecule has 0 aromatic heterocycles. The lowest BCUT2D eigenvalue weighted by Gasteiger charge is -1.89. The zero-order valence-electron chi connectivity index (χ0n) is 5.05. The average Bonchev–Trinajstić information content (AvgIpc) is 1.66. The molecular formula is C6H11OS. The summed E-state index contributed by atoms with van der Waals surface area (Å²) in [6.07, 6.45) is 4.60. The Kier molecular flexibility index (Phi) is 5.18. The second-order valence-electron chi connectivity index (χ2n) is 1.68. The molecule has 0 fully saturated rings. The quantitative estimate of drug-likeness (QED) is 0.455. The van der Waals surface area contributed by atoms with Crippen LogP contribution in [-0.2, 0) is 4.79 Å². The third-order valence-corrected chi connectivity index (χ3v) is 0.994. The summed E-state index contributed by atoms with van der Waals surface area (Å²) < 4.78 is 0. The van der Waals surface area contributed by atoms with Gasteiger partial charge in [0.15, 0.2) is 5.12 Å². The van der Waals surface area contributed by atoms with Gasteiger partial charge in [0.2, 0.25) is 0 Å². The largest absolute Gasteiger partial charge is 0.287 e. The van der Waals surface area contributed by atoms with Gasteiger partial charge in [-0.1, -0.05) is 13.3 Å². The first-order chi connectivity index (χ1) is 3.77. The van der Waals surface area contributed by atoms with Gasteiger partial charge in [-0.15, -0.1) is 12.6 Å². The minimum atomic E-state index is -0.0431. The van der Waals surface area contributed by atoms with Gasteiger partial charge in [0.1, 0.15) is 0 Å². The molecule has 0 heterocycles. The van der Waals surface area contributed by atoms with E-state index in [1.807, 2.05) is 6.42 Å². The maximum atomic E-state index is 10.2. The fourth-order valence-electron chi connectivity index (χ4n) is 0.430. The minimum Gasteiger partial charge on any atom is -0.287 e. The number of carbonyl (C=O) groups is 1. The van der Waals surface area contributed by atoms with Crippen molar-refractivity contribution in [3.63, 3.8) is 0 Å². The molecule has 0 saturated heterocycles. The lowest BCUT2D eigenvalue weighted by atomic mass is 10.2. The molecule has 1 radical (unpaired) electrons. The third-order valence-electron chi connectivity index (χ3n) is 0.812. The van der Waals surface area contributed by atoms with Gasteiger partial charge in [-0.05, 0) is 12.8 Å². The van der Waals surface area contributed by atoms with E-state index in [4.69, 9.17) is 0 Å². The van der Waals surface area contributed by atoms with Crippen molar-refractivity contribution in [3.05, 3.63) is 6.42 Å². The van der Waals surface area contributed by atoms with Crippen LogP contribution in [0.3, 0.4) is 0 Å². The van der Waals surface area contributed by atoms with Crippen molar-refractivity contribution in [2.45, 2.75) is 26.2 Å². The zero-order chi connectivity index (χ0) is 6.41. The van der Waals surface area contributed by atoms with Crippen LogP contribution in [0.25, 0.3) is 0 Å². The molecule has 0 amide bonds. The van der Waals surface area contributed by atoms with E-state index in [9.17, 15) is 4.79 Å². The molecule has 0 aliphatic rings. The van der Waals surface area contributed by atoms with Crippen LogP contribution in [0, 0.1) is 6.42 Å². The molecule has 0 rings (SSSR count). The van der Waals surface area contributed by atoms with E-state index in [2.05, 4.69) is 19.6 Å². The van der Waals surface area contributed by atoms with E-state index in [1.54, 1.807) is 0 Å². The van der Waals surface area contributed by atoms with Crippen LogP contribution in [0.4, 0.5) is 0 Å². The van der Waals surface area contributed by atoms with E-state index in [0.717, 1.165) is 12.8 Å². The van der Waals surface area contributed by atoms with Crippen LogP contribution < -0.4 is 0 Å². The van der Waals surface area contributed by atoms with Gasteiger partial charge in [0.05, 0.1) is 0 Å². The fraction of sp³-hybridized carbons (Fsp3) is 0.667. The second-order valence-corrected chi connectivity index (χ2v) is 2.17. The number of rotatable bonds is 4. The Morgan fingerprint density at radius 1 is 1.75 bits per heavy atom. The van der Waals surface area contributed by atoms with Crippen molar-refractivity contribution in [3.8, 4) is 0 Å². The lowest BCUT2D eigenvalue weighted by Crippen LogP contribution is -1.85. The first-order valence-electron chi connectivity index (χ1n) is 2.80. The Balaban J connectivity index is 2.82. The normalized spacial score (nSPS) is 9.25. The first kappa shape index (κ1) is 8.02. The summed E-state index contributed by atoms with van der Waals surface area (Å²) in [5, 5.41) is -0.0431. The van der Waals surface area contributed by atoms with Gasteiger partial charge in [-0.3, -0.25) is 4.79 Å².